The lowest BCUT2D eigenvalue weighted by atomic mass is 10.1. The molecule has 1 saturated heterocycles. The van der Waals surface area contributed by atoms with Gasteiger partial charge in [0.15, 0.2) is 0 Å². The first-order chi connectivity index (χ1) is 7.58. The third-order valence-electron chi connectivity index (χ3n) is 3.64. The molecule has 0 radical (unpaired) electrons. The highest BCUT2D eigenvalue weighted by Gasteiger charge is 2.17. The molecular formula is C12H22N4. The third kappa shape index (κ3) is 2.28. The first kappa shape index (κ1) is 11.6. The van der Waals surface area contributed by atoms with E-state index in [-0.39, 0.29) is 0 Å². The molecule has 1 aliphatic heterocycles. The minimum Gasteiger partial charge on any atom is -0.304 e. The highest BCUT2D eigenvalue weighted by atomic mass is 15.3. The van der Waals surface area contributed by atoms with E-state index >= 15 is 0 Å². The Morgan fingerprint density at radius 2 is 1.69 bits per heavy atom. The van der Waals surface area contributed by atoms with E-state index in [1.807, 2.05) is 11.7 Å². The van der Waals surface area contributed by atoms with E-state index in [1.54, 1.807) is 0 Å². The molecule has 0 unspecified atom stereocenters. The molecule has 16 heavy (non-hydrogen) atoms. The lowest BCUT2D eigenvalue weighted by Gasteiger charge is -2.32. The van der Waals surface area contributed by atoms with Crippen LogP contribution < -0.4 is 0 Å². The Kier molecular flexibility index (Phi) is 3.30. The molecule has 0 saturated carbocycles. The zero-order valence-electron chi connectivity index (χ0n) is 10.8. The topological polar surface area (TPSA) is 24.3 Å². The molecule has 0 amide bonds. The summed E-state index contributed by atoms with van der Waals surface area (Å²) in [6.45, 7) is 10.0. The second-order valence-corrected chi connectivity index (χ2v) is 4.85. The summed E-state index contributed by atoms with van der Waals surface area (Å²) in [5.41, 5.74) is 3.89. The summed E-state index contributed by atoms with van der Waals surface area (Å²) < 4.78 is 1.99. The van der Waals surface area contributed by atoms with E-state index in [9.17, 15) is 0 Å². The molecular weight excluding hydrogens is 200 g/mol. The number of hydrogen-bond donors (Lipinski definition) is 0. The summed E-state index contributed by atoms with van der Waals surface area (Å²) in [6, 6.07) is 0. The molecule has 90 valence electrons. The minimum absolute atomic E-state index is 1.05. The number of piperazine rings is 1. The van der Waals surface area contributed by atoms with Crippen molar-refractivity contribution < 1.29 is 0 Å². The summed E-state index contributed by atoms with van der Waals surface area (Å²) in [6.07, 6.45) is 0. The van der Waals surface area contributed by atoms with Gasteiger partial charge in [0.2, 0.25) is 0 Å². The molecule has 4 nitrogen and oxygen atoms in total. The summed E-state index contributed by atoms with van der Waals surface area (Å²) >= 11 is 0. The predicted molar refractivity (Wildman–Crippen MR) is 65.5 cm³/mol. The van der Waals surface area contributed by atoms with Crippen LogP contribution in [0.5, 0.6) is 0 Å². The number of aryl methyl sites for hydroxylation is 2. The number of rotatable bonds is 2. The van der Waals surface area contributed by atoms with Crippen LogP contribution in [0.25, 0.3) is 0 Å². The second kappa shape index (κ2) is 4.55. The number of aromatic nitrogens is 2. The lowest BCUT2D eigenvalue weighted by Crippen LogP contribution is -2.44. The smallest absolute Gasteiger partial charge is 0.0641 e. The Labute approximate surface area is 97.8 Å². The first-order valence-corrected chi connectivity index (χ1v) is 5.98. The molecule has 0 atom stereocenters. The van der Waals surface area contributed by atoms with Gasteiger partial charge in [-0.1, -0.05) is 0 Å². The van der Waals surface area contributed by atoms with Crippen molar-refractivity contribution in [3.8, 4) is 0 Å². The summed E-state index contributed by atoms with van der Waals surface area (Å²) in [7, 11) is 4.22. The molecule has 2 rings (SSSR count). The number of hydrogen-bond acceptors (Lipinski definition) is 3. The summed E-state index contributed by atoms with van der Waals surface area (Å²) in [4.78, 5) is 4.91. The summed E-state index contributed by atoms with van der Waals surface area (Å²) in [5.74, 6) is 0. The molecule has 2 heterocycles. The van der Waals surface area contributed by atoms with Gasteiger partial charge in [0.05, 0.1) is 5.69 Å². The van der Waals surface area contributed by atoms with Gasteiger partial charge in [-0.15, -0.1) is 0 Å². The zero-order valence-corrected chi connectivity index (χ0v) is 10.8. The predicted octanol–water partition coefficient (Wildman–Crippen LogP) is 0.784. The van der Waals surface area contributed by atoms with Crippen molar-refractivity contribution in [2.45, 2.75) is 20.4 Å². The lowest BCUT2D eigenvalue weighted by molar-refractivity contribution is 0.148. The van der Waals surface area contributed by atoms with Gasteiger partial charge in [-0.05, 0) is 20.9 Å². The fourth-order valence-corrected chi connectivity index (χ4v) is 2.28. The maximum Gasteiger partial charge on any atom is 0.0641 e. The van der Waals surface area contributed by atoms with Crippen molar-refractivity contribution >= 4 is 0 Å². The van der Waals surface area contributed by atoms with Crippen molar-refractivity contribution in [3.05, 3.63) is 17.0 Å². The molecule has 0 N–H and O–H groups in total. The van der Waals surface area contributed by atoms with Crippen LogP contribution in [-0.4, -0.2) is 52.8 Å². The molecule has 0 bridgehead atoms. The van der Waals surface area contributed by atoms with Crippen molar-refractivity contribution in [3.63, 3.8) is 0 Å². The van der Waals surface area contributed by atoms with Crippen LogP contribution in [0, 0.1) is 13.8 Å². The normalized spacial score (nSPS) is 19.2. The molecule has 1 aromatic rings. The molecule has 1 aliphatic rings. The maximum absolute atomic E-state index is 4.47. The molecule has 4 heteroatoms. The molecule has 0 aromatic carbocycles. The average molecular weight is 222 g/mol. The van der Waals surface area contributed by atoms with Gasteiger partial charge in [-0.25, -0.2) is 0 Å². The van der Waals surface area contributed by atoms with Crippen molar-refractivity contribution in [1.29, 1.82) is 0 Å². The SMILES string of the molecule is Cc1nn(C)c(C)c1CN1CCN(C)CC1. The maximum atomic E-state index is 4.47. The van der Waals surface area contributed by atoms with Crippen LogP contribution >= 0.6 is 0 Å². The van der Waals surface area contributed by atoms with E-state index in [0.717, 1.165) is 6.54 Å². The first-order valence-electron chi connectivity index (χ1n) is 5.98. The fourth-order valence-electron chi connectivity index (χ4n) is 2.28. The number of nitrogens with zero attached hydrogens (tertiary/aromatic N) is 4. The standard InChI is InChI=1S/C12H22N4/c1-10-12(11(2)15(4)13-10)9-16-7-5-14(3)6-8-16/h5-9H2,1-4H3. The molecule has 1 aromatic heterocycles. The Morgan fingerprint density at radius 1 is 1.06 bits per heavy atom. The van der Waals surface area contributed by atoms with Crippen molar-refractivity contribution in [1.82, 2.24) is 19.6 Å². The van der Waals surface area contributed by atoms with Crippen LogP contribution in [0.4, 0.5) is 0 Å². The van der Waals surface area contributed by atoms with Gasteiger partial charge in [-0.3, -0.25) is 9.58 Å². The van der Waals surface area contributed by atoms with Crippen LogP contribution in [0.15, 0.2) is 0 Å². The third-order valence-corrected chi connectivity index (χ3v) is 3.64. The van der Waals surface area contributed by atoms with Crippen LogP contribution in [0.1, 0.15) is 17.0 Å². The van der Waals surface area contributed by atoms with E-state index in [4.69, 9.17) is 0 Å². The Balaban J connectivity index is 2.03. The molecule has 0 spiro atoms. The monoisotopic (exact) mass is 222 g/mol. The van der Waals surface area contributed by atoms with E-state index < -0.39 is 0 Å². The molecule has 1 fully saturated rings. The van der Waals surface area contributed by atoms with Gasteiger partial charge in [0.25, 0.3) is 0 Å². The van der Waals surface area contributed by atoms with Gasteiger partial charge in [0, 0.05) is 51.0 Å². The van der Waals surface area contributed by atoms with Gasteiger partial charge in [0.1, 0.15) is 0 Å². The van der Waals surface area contributed by atoms with E-state index in [0.29, 0.717) is 0 Å². The highest BCUT2D eigenvalue weighted by molar-refractivity contribution is 5.24. The second-order valence-electron chi connectivity index (χ2n) is 4.85. The van der Waals surface area contributed by atoms with Crippen molar-refractivity contribution in [2.75, 3.05) is 33.2 Å². The largest absolute Gasteiger partial charge is 0.304 e. The highest BCUT2D eigenvalue weighted by Crippen LogP contribution is 2.15. The van der Waals surface area contributed by atoms with Crippen LogP contribution in [0.3, 0.4) is 0 Å². The van der Waals surface area contributed by atoms with Crippen molar-refractivity contribution in [2.24, 2.45) is 7.05 Å². The summed E-state index contributed by atoms with van der Waals surface area (Å²) in [5, 5.41) is 4.47. The van der Waals surface area contributed by atoms with E-state index in [2.05, 4.69) is 35.8 Å². The Bertz CT molecular complexity index is 361. The van der Waals surface area contributed by atoms with Gasteiger partial charge < -0.3 is 4.90 Å². The zero-order chi connectivity index (χ0) is 11.7. The Morgan fingerprint density at radius 3 is 2.19 bits per heavy atom. The minimum atomic E-state index is 1.05. The van der Waals surface area contributed by atoms with Crippen LogP contribution in [-0.2, 0) is 13.6 Å². The Hall–Kier alpha value is -0.870. The van der Waals surface area contributed by atoms with Gasteiger partial charge >= 0.3 is 0 Å². The van der Waals surface area contributed by atoms with Crippen LogP contribution in [0.2, 0.25) is 0 Å². The van der Waals surface area contributed by atoms with Gasteiger partial charge in [-0.2, -0.15) is 5.10 Å². The number of likely N-dealkylation sites (N-methyl/N-ethyl adjacent to an activating group) is 1. The van der Waals surface area contributed by atoms with E-state index in [1.165, 1.54) is 43.1 Å². The molecule has 0 aliphatic carbocycles. The average Bonchev–Trinajstić information content (AvgIpc) is 2.48. The quantitative estimate of drug-likeness (QED) is 0.739. The fraction of sp³-hybridized carbons (Fsp3) is 0.750.